The first kappa shape index (κ1) is 13.0. The third kappa shape index (κ3) is 2.24. The highest BCUT2D eigenvalue weighted by Gasteiger charge is 2.34. The minimum Gasteiger partial charge on any atom is -0.353 e. The fraction of sp³-hybridized carbons (Fsp3) is 0.500. The second-order valence-corrected chi connectivity index (χ2v) is 5.44. The second kappa shape index (κ2) is 5.53. The molecule has 3 rings (SSSR count). The van der Waals surface area contributed by atoms with Gasteiger partial charge in [-0.2, -0.15) is 5.26 Å². The van der Waals surface area contributed by atoms with E-state index in [1.807, 2.05) is 12.1 Å². The quantitative estimate of drug-likeness (QED) is 0.725. The van der Waals surface area contributed by atoms with Crippen LogP contribution in [0.2, 0.25) is 0 Å². The van der Waals surface area contributed by atoms with Crippen molar-refractivity contribution in [1.82, 2.24) is 9.88 Å². The van der Waals surface area contributed by atoms with Crippen LogP contribution >= 0.6 is 0 Å². The topological polar surface area (TPSA) is 43.2 Å². The third-order valence-corrected chi connectivity index (χ3v) is 4.34. The summed E-state index contributed by atoms with van der Waals surface area (Å²) < 4.78 is 0. The molecular weight excluding hydrogens is 248 g/mol. The smallest absolute Gasteiger partial charge is 0.146 e. The van der Waals surface area contributed by atoms with Crippen LogP contribution in [-0.2, 0) is 0 Å². The van der Waals surface area contributed by atoms with E-state index < -0.39 is 0 Å². The molecule has 0 amide bonds. The molecule has 0 aromatic carbocycles. The lowest BCUT2D eigenvalue weighted by Gasteiger charge is -2.47. The van der Waals surface area contributed by atoms with Crippen LogP contribution in [0, 0.1) is 23.7 Å². The molecule has 0 spiro atoms. The Labute approximate surface area is 120 Å². The molecule has 3 heterocycles. The Kier molecular flexibility index (Phi) is 3.58. The van der Waals surface area contributed by atoms with Crippen molar-refractivity contribution >= 4 is 5.82 Å². The standard InChI is InChI=1S/C16H18N4/c1-2-14-6-3-7-15-12-19(9-10-20(14)15)16-13(11-17)5-4-8-18-16/h1,4-5,8,14-15H,3,6-7,9-10,12H2/t14?,15-/m0/s1. The van der Waals surface area contributed by atoms with E-state index in [0.29, 0.717) is 11.6 Å². The molecule has 1 unspecified atom stereocenters. The minimum absolute atomic E-state index is 0.287. The maximum absolute atomic E-state index is 9.21. The lowest BCUT2D eigenvalue weighted by molar-refractivity contribution is 0.100. The first-order valence-corrected chi connectivity index (χ1v) is 7.15. The van der Waals surface area contributed by atoms with Crippen LogP contribution in [0.1, 0.15) is 24.8 Å². The number of piperazine rings is 1. The van der Waals surface area contributed by atoms with Gasteiger partial charge < -0.3 is 4.90 Å². The van der Waals surface area contributed by atoms with Crippen molar-refractivity contribution in [1.29, 1.82) is 5.26 Å². The second-order valence-electron chi connectivity index (χ2n) is 5.44. The maximum atomic E-state index is 9.21. The summed E-state index contributed by atoms with van der Waals surface area (Å²) in [7, 11) is 0. The van der Waals surface area contributed by atoms with Crippen LogP contribution in [0.15, 0.2) is 18.3 Å². The molecule has 2 atom stereocenters. The highest BCUT2D eigenvalue weighted by molar-refractivity contribution is 5.54. The molecule has 0 saturated carbocycles. The first-order chi connectivity index (χ1) is 9.83. The average Bonchev–Trinajstić information content (AvgIpc) is 2.53. The van der Waals surface area contributed by atoms with Gasteiger partial charge in [-0.3, -0.25) is 4.90 Å². The minimum atomic E-state index is 0.287. The predicted octanol–water partition coefficient (Wildman–Crippen LogP) is 1.63. The van der Waals surface area contributed by atoms with Crippen LogP contribution in [-0.4, -0.2) is 41.6 Å². The highest BCUT2D eigenvalue weighted by atomic mass is 15.3. The van der Waals surface area contributed by atoms with Gasteiger partial charge in [-0.25, -0.2) is 4.98 Å². The van der Waals surface area contributed by atoms with Crippen LogP contribution in [0.25, 0.3) is 0 Å². The maximum Gasteiger partial charge on any atom is 0.146 e. The Bertz CT molecular complexity index is 569. The summed E-state index contributed by atoms with van der Waals surface area (Å²) >= 11 is 0. The lowest BCUT2D eigenvalue weighted by Crippen LogP contribution is -2.58. The van der Waals surface area contributed by atoms with E-state index in [0.717, 1.165) is 31.9 Å². The number of fused-ring (bicyclic) bond motifs is 1. The van der Waals surface area contributed by atoms with Crippen molar-refractivity contribution in [2.24, 2.45) is 0 Å². The van der Waals surface area contributed by atoms with Crippen molar-refractivity contribution < 1.29 is 0 Å². The molecule has 1 aromatic heterocycles. The van der Waals surface area contributed by atoms with E-state index in [9.17, 15) is 5.26 Å². The molecule has 0 N–H and O–H groups in total. The monoisotopic (exact) mass is 266 g/mol. The van der Waals surface area contributed by atoms with Crippen molar-refractivity contribution in [3.05, 3.63) is 23.9 Å². The Morgan fingerprint density at radius 2 is 2.25 bits per heavy atom. The summed E-state index contributed by atoms with van der Waals surface area (Å²) in [5.41, 5.74) is 0.658. The van der Waals surface area contributed by atoms with Gasteiger partial charge in [0.2, 0.25) is 0 Å². The number of piperidine rings is 1. The summed E-state index contributed by atoms with van der Waals surface area (Å²) in [6.45, 7) is 2.77. The summed E-state index contributed by atoms with van der Waals surface area (Å²) in [6.07, 6.45) is 10.9. The fourth-order valence-corrected chi connectivity index (χ4v) is 3.36. The summed E-state index contributed by atoms with van der Waals surface area (Å²) in [5.74, 6) is 3.74. The van der Waals surface area contributed by atoms with Crippen molar-refractivity contribution in [2.45, 2.75) is 31.3 Å². The number of hydrogen-bond acceptors (Lipinski definition) is 4. The van der Waals surface area contributed by atoms with Crippen molar-refractivity contribution in [3.63, 3.8) is 0 Å². The number of hydrogen-bond donors (Lipinski definition) is 0. The zero-order valence-corrected chi connectivity index (χ0v) is 11.5. The third-order valence-electron chi connectivity index (χ3n) is 4.34. The first-order valence-electron chi connectivity index (χ1n) is 7.15. The van der Waals surface area contributed by atoms with Crippen LogP contribution in [0.4, 0.5) is 5.82 Å². The number of aromatic nitrogens is 1. The molecule has 2 saturated heterocycles. The number of rotatable bonds is 1. The fourth-order valence-electron chi connectivity index (χ4n) is 3.36. The molecule has 2 fully saturated rings. The lowest BCUT2D eigenvalue weighted by atomic mass is 9.93. The average molecular weight is 266 g/mol. The van der Waals surface area contributed by atoms with Crippen LogP contribution in [0.5, 0.6) is 0 Å². The van der Waals surface area contributed by atoms with E-state index in [4.69, 9.17) is 6.42 Å². The molecular formula is C16H18N4. The number of pyridine rings is 1. The van der Waals surface area contributed by atoms with E-state index in [1.165, 1.54) is 12.8 Å². The largest absolute Gasteiger partial charge is 0.353 e. The summed E-state index contributed by atoms with van der Waals surface area (Å²) in [4.78, 5) is 9.08. The number of nitriles is 1. The van der Waals surface area contributed by atoms with Crippen molar-refractivity contribution in [2.75, 3.05) is 24.5 Å². The van der Waals surface area contributed by atoms with E-state index in [-0.39, 0.29) is 6.04 Å². The van der Waals surface area contributed by atoms with Gasteiger partial charge in [0.25, 0.3) is 0 Å². The molecule has 0 aliphatic carbocycles. The molecule has 0 bridgehead atoms. The molecule has 1 aromatic rings. The van der Waals surface area contributed by atoms with Gasteiger partial charge >= 0.3 is 0 Å². The van der Waals surface area contributed by atoms with E-state index in [1.54, 1.807) is 6.20 Å². The van der Waals surface area contributed by atoms with E-state index >= 15 is 0 Å². The van der Waals surface area contributed by atoms with Gasteiger partial charge in [-0.05, 0) is 31.4 Å². The van der Waals surface area contributed by atoms with Gasteiger partial charge in [0, 0.05) is 31.9 Å². The van der Waals surface area contributed by atoms with Gasteiger partial charge in [-0.15, -0.1) is 6.42 Å². The highest BCUT2D eigenvalue weighted by Crippen LogP contribution is 2.28. The molecule has 2 aliphatic heterocycles. The summed E-state index contributed by atoms with van der Waals surface area (Å²) in [5, 5.41) is 9.21. The Hall–Kier alpha value is -2.04. The molecule has 0 radical (unpaired) electrons. The Morgan fingerprint density at radius 1 is 1.35 bits per heavy atom. The van der Waals surface area contributed by atoms with Crippen LogP contribution in [0.3, 0.4) is 0 Å². The SMILES string of the molecule is C#CC1CCC[C@H]2CN(c3ncccc3C#N)CCN12. The molecule has 2 aliphatic rings. The number of anilines is 1. The zero-order valence-electron chi connectivity index (χ0n) is 11.5. The zero-order chi connectivity index (χ0) is 13.9. The van der Waals surface area contributed by atoms with Crippen molar-refractivity contribution in [3.8, 4) is 18.4 Å². The van der Waals surface area contributed by atoms with Gasteiger partial charge in [0.15, 0.2) is 0 Å². The normalized spacial score (nSPS) is 26.4. The Balaban J connectivity index is 1.80. The number of nitrogens with zero attached hydrogens (tertiary/aromatic N) is 4. The molecule has 4 heteroatoms. The van der Waals surface area contributed by atoms with E-state index in [2.05, 4.69) is 26.8 Å². The number of terminal acetylenes is 1. The van der Waals surface area contributed by atoms with Gasteiger partial charge in [-0.1, -0.05) is 5.92 Å². The van der Waals surface area contributed by atoms with Gasteiger partial charge in [0.1, 0.15) is 11.9 Å². The predicted molar refractivity (Wildman–Crippen MR) is 78.1 cm³/mol. The Morgan fingerprint density at radius 3 is 3.05 bits per heavy atom. The molecule has 102 valence electrons. The van der Waals surface area contributed by atoms with Crippen LogP contribution < -0.4 is 4.90 Å². The molecule has 4 nitrogen and oxygen atoms in total. The van der Waals surface area contributed by atoms with Gasteiger partial charge in [0.05, 0.1) is 11.6 Å². The molecule has 20 heavy (non-hydrogen) atoms. The summed E-state index contributed by atoms with van der Waals surface area (Å²) in [6, 6.07) is 6.66.